The molecule has 7 heteroatoms. The fraction of sp³-hybridized carbons (Fsp3) is 0.348. The Morgan fingerprint density at radius 1 is 0.933 bits per heavy atom. The Balaban J connectivity index is 1.43. The average Bonchev–Trinajstić information content (AvgIpc) is 2.74. The number of rotatable bonds is 6. The van der Waals surface area contributed by atoms with Gasteiger partial charge >= 0.3 is 0 Å². The fourth-order valence-corrected chi connectivity index (χ4v) is 3.74. The van der Waals surface area contributed by atoms with Crippen LogP contribution in [0.25, 0.3) is 0 Å². The minimum absolute atomic E-state index is 0.00908. The summed E-state index contributed by atoms with van der Waals surface area (Å²) in [6, 6.07) is 12.1. The average molecular weight is 447 g/mol. The molecule has 30 heavy (non-hydrogen) atoms. The number of likely N-dealkylation sites (tertiary alicyclic amines) is 1. The molecule has 1 aliphatic rings. The second-order valence-corrected chi connectivity index (χ2v) is 8.36. The molecule has 1 heterocycles. The molecular weight excluding hydrogens is 423 g/mol. The van der Waals surface area contributed by atoms with Crippen LogP contribution in [-0.2, 0) is 4.79 Å². The zero-order chi connectivity index (χ0) is 21.7. The highest BCUT2D eigenvalue weighted by Crippen LogP contribution is 2.23. The molecule has 2 amide bonds. The van der Waals surface area contributed by atoms with E-state index in [1.165, 1.54) is 0 Å². The summed E-state index contributed by atoms with van der Waals surface area (Å²) in [5, 5.41) is 3.73. The van der Waals surface area contributed by atoms with E-state index in [2.05, 4.69) is 5.32 Å². The maximum absolute atomic E-state index is 12.5. The maximum Gasteiger partial charge on any atom is 0.251 e. The number of piperidine rings is 1. The second kappa shape index (κ2) is 10.1. The Morgan fingerprint density at radius 2 is 1.57 bits per heavy atom. The molecule has 3 rings (SSSR count). The van der Waals surface area contributed by atoms with Gasteiger partial charge in [0.1, 0.15) is 0 Å². The van der Waals surface area contributed by atoms with E-state index in [-0.39, 0.29) is 36.5 Å². The normalized spacial score (nSPS) is 14.4. The van der Waals surface area contributed by atoms with Gasteiger partial charge in [-0.2, -0.15) is 0 Å². The topological polar surface area (TPSA) is 66.5 Å². The molecule has 5 nitrogen and oxygen atoms in total. The molecule has 1 fully saturated rings. The van der Waals surface area contributed by atoms with Crippen LogP contribution in [0.15, 0.2) is 42.5 Å². The quantitative estimate of drug-likeness (QED) is 0.654. The summed E-state index contributed by atoms with van der Waals surface area (Å²) in [7, 11) is 0. The number of halogens is 2. The molecule has 158 valence electrons. The van der Waals surface area contributed by atoms with Crippen LogP contribution in [0, 0.1) is 6.92 Å². The first kappa shape index (κ1) is 22.3. The van der Waals surface area contributed by atoms with Gasteiger partial charge in [0.05, 0.1) is 10.0 Å². The van der Waals surface area contributed by atoms with E-state index in [9.17, 15) is 14.4 Å². The van der Waals surface area contributed by atoms with Crippen LogP contribution in [0.1, 0.15) is 52.0 Å². The Morgan fingerprint density at radius 3 is 2.20 bits per heavy atom. The summed E-state index contributed by atoms with van der Waals surface area (Å²) in [5.41, 5.74) is 2.19. The number of hydrogen-bond donors (Lipinski definition) is 1. The third kappa shape index (κ3) is 5.83. The number of aryl methyl sites for hydroxylation is 1. The fourth-order valence-electron chi connectivity index (χ4n) is 3.44. The molecule has 0 radical (unpaired) electrons. The van der Waals surface area contributed by atoms with Crippen molar-refractivity contribution in [3.05, 3.63) is 69.2 Å². The molecule has 0 unspecified atom stereocenters. The number of hydrogen-bond acceptors (Lipinski definition) is 3. The van der Waals surface area contributed by atoms with Gasteiger partial charge in [0.25, 0.3) is 5.91 Å². The van der Waals surface area contributed by atoms with E-state index < -0.39 is 0 Å². The number of carbonyl (C=O) groups excluding carboxylic acids is 3. The lowest BCUT2D eigenvalue weighted by Gasteiger charge is -2.32. The molecule has 0 spiro atoms. The van der Waals surface area contributed by atoms with E-state index in [0.29, 0.717) is 47.1 Å². The predicted octanol–water partition coefficient (Wildman–Crippen LogP) is 4.69. The van der Waals surface area contributed by atoms with Gasteiger partial charge in [0, 0.05) is 43.1 Å². The molecule has 0 atom stereocenters. The third-order valence-corrected chi connectivity index (χ3v) is 6.04. The molecule has 0 aromatic heterocycles. The smallest absolute Gasteiger partial charge is 0.251 e. The first-order chi connectivity index (χ1) is 14.3. The maximum atomic E-state index is 12.5. The van der Waals surface area contributed by atoms with Gasteiger partial charge in [-0.3, -0.25) is 14.4 Å². The number of ketones is 1. The van der Waals surface area contributed by atoms with Crippen LogP contribution in [0.3, 0.4) is 0 Å². The van der Waals surface area contributed by atoms with E-state index in [0.717, 1.165) is 5.56 Å². The van der Waals surface area contributed by atoms with E-state index in [1.807, 2.05) is 19.1 Å². The summed E-state index contributed by atoms with van der Waals surface area (Å²) in [4.78, 5) is 38.9. The second-order valence-electron chi connectivity index (χ2n) is 7.55. The first-order valence-corrected chi connectivity index (χ1v) is 10.7. The zero-order valence-electron chi connectivity index (χ0n) is 16.8. The van der Waals surface area contributed by atoms with Crippen LogP contribution in [0.2, 0.25) is 10.0 Å². The van der Waals surface area contributed by atoms with Gasteiger partial charge in [-0.25, -0.2) is 0 Å². The standard InChI is InChI=1S/C23H24Cl2N2O3/c1-15-2-4-16(5-3-15)21(28)8-9-22(29)27-12-10-18(11-13-27)26-23(30)17-6-7-19(24)20(25)14-17/h2-7,14,18H,8-13H2,1H3,(H,26,30). The Labute approximate surface area is 186 Å². The molecule has 2 aromatic rings. The van der Waals surface area contributed by atoms with Crippen LogP contribution in [0.4, 0.5) is 0 Å². The van der Waals surface area contributed by atoms with Crippen LogP contribution >= 0.6 is 23.2 Å². The first-order valence-electron chi connectivity index (χ1n) is 9.97. The van der Waals surface area contributed by atoms with Gasteiger partial charge in [-0.1, -0.05) is 53.0 Å². The van der Waals surface area contributed by atoms with Crippen molar-refractivity contribution in [3.63, 3.8) is 0 Å². The molecule has 0 aliphatic carbocycles. The summed E-state index contributed by atoms with van der Waals surface area (Å²) in [6.45, 7) is 3.09. The van der Waals surface area contributed by atoms with Crippen LogP contribution < -0.4 is 5.32 Å². The lowest BCUT2D eigenvalue weighted by atomic mass is 10.0. The predicted molar refractivity (Wildman–Crippen MR) is 118 cm³/mol. The van der Waals surface area contributed by atoms with Gasteiger partial charge in [0.15, 0.2) is 5.78 Å². The summed E-state index contributed by atoms with van der Waals surface area (Å²) >= 11 is 11.9. The van der Waals surface area contributed by atoms with E-state index in [1.54, 1.807) is 35.2 Å². The number of carbonyl (C=O) groups is 3. The van der Waals surface area contributed by atoms with Crippen molar-refractivity contribution < 1.29 is 14.4 Å². The lowest BCUT2D eigenvalue weighted by molar-refractivity contribution is -0.132. The van der Waals surface area contributed by atoms with Crippen molar-refractivity contribution in [3.8, 4) is 0 Å². The third-order valence-electron chi connectivity index (χ3n) is 5.30. The number of nitrogens with one attached hydrogen (secondary N) is 1. The Kier molecular flexibility index (Phi) is 7.51. The van der Waals surface area contributed by atoms with Gasteiger partial charge in [-0.05, 0) is 38.0 Å². The highest BCUT2D eigenvalue weighted by atomic mass is 35.5. The largest absolute Gasteiger partial charge is 0.349 e. The summed E-state index contributed by atoms with van der Waals surface area (Å²) < 4.78 is 0. The van der Waals surface area contributed by atoms with E-state index >= 15 is 0 Å². The Hall–Kier alpha value is -2.37. The SMILES string of the molecule is Cc1ccc(C(=O)CCC(=O)N2CCC(NC(=O)c3ccc(Cl)c(Cl)c3)CC2)cc1. The highest BCUT2D eigenvalue weighted by molar-refractivity contribution is 6.42. The van der Waals surface area contributed by atoms with E-state index in [4.69, 9.17) is 23.2 Å². The summed E-state index contributed by atoms with van der Waals surface area (Å²) in [5.74, 6) is -0.251. The van der Waals surface area contributed by atoms with Crippen molar-refractivity contribution in [1.82, 2.24) is 10.2 Å². The molecule has 2 aromatic carbocycles. The van der Waals surface area contributed by atoms with Crippen molar-refractivity contribution in [2.24, 2.45) is 0 Å². The van der Waals surface area contributed by atoms with Crippen LogP contribution in [-0.4, -0.2) is 41.6 Å². The molecule has 1 aliphatic heterocycles. The number of Topliss-reactive ketones (excluding diaryl/α,β-unsaturated/α-hetero) is 1. The number of nitrogens with zero attached hydrogens (tertiary/aromatic N) is 1. The summed E-state index contributed by atoms with van der Waals surface area (Å²) in [6.07, 6.45) is 1.75. The minimum atomic E-state index is -0.206. The molecule has 0 saturated carbocycles. The van der Waals surface area contributed by atoms with Gasteiger partial charge in [-0.15, -0.1) is 0 Å². The van der Waals surface area contributed by atoms with Crippen LogP contribution in [0.5, 0.6) is 0 Å². The minimum Gasteiger partial charge on any atom is -0.349 e. The monoisotopic (exact) mass is 446 g/mol. The molecule has 1 saturated heterocycles. The van der Waals surface area contributed by atoms with Crippen molar-refractivity contribution in [1.29, 1.82) is 0 Å². The lowest BCUT2D eigenvalue weighted by Crippen LogP contribution is -2.46. The van der Waals surface area contributed by atoms with Crippen molar-refractivity contribution in [2.45, 2.75) is 38.6 Å². The van der Waals surface area contributed by atoms with Gasteiger partial charge < -0.3 is 10.2 Å². The van der Waals surface area contributed by atoms with Crippen molar-refractivity contribution in [2.75, 3.05) is 13.1 Å². The number of benzene rings is 2. The Bertz CT molecular complexity index is 936. The zero-order valence-corrected chi connectivity index (χ0v) is 18.3. The molecule has 1 N–H and O–H groups in total. The molecular formula is C23H24Cl2N2O3. The van der Waals surface area contributed by atoms with Crippen molar-refractivity contribution >= 4 is 40.8 Å². The molecule has 0 bridgehead atoms. The number of amides is 2. The van der Waals surface area contributed by atoms with Gasteiger partial charge in [0.2, 0.25) is 5.91 Å². The highest BCUT2D eigenvalue weighted by Gasteiger charge is 2.24.